The van der Waals surface area contributed by atoms with Crippen molar-refractivity contribution in [2.24, 2.45) is 0 Å². The fourth-order valence-corrected chi connectivity index (χ4v) is 2.29. The van der Waals surface area contributed by atoms with E-state index in [2.05, 4.69) is 12.2 Å². The smallest absolute Gasteiger partial charge is 0.124 e. The number of halogens is 3. The molecule has 0 saturated heterocycles. The molecule has 2 rings (SSSR count). The Bertz CT molecular complexity index is 573. The van der Waals surface area contributed by atoms with Crippen LogP contribution in [0.15, 0.2) is 42.5 Å². The molecule has 0 heterocycles. The van der Waals surface area contributed by atoms with Crippen molar-refractivity contribution in [3.8, 4) is 5.75 Å². The number of rotatable bonds is 7. The number of nitrogens with one attached hydrogen (secondary N) is 1. The lowest BCUT2D eigenvalue weighted by atomic mass is 10.2. The van der Waals surface area contributed by atoms with Crippen LogP contribution < -0.4 is 10.1 Å². The Morgan fingerprint density at radius 3 is 2.36 bits per heavy atom. The van der Waals surface area contributed by atoms with E-state index in [-0.39, 0.29) is 12.4 Å². The second-order valence-corrected chi connectivity index (χ2v) is 5.72. The summed E-state index contributed by atoms with van der Waals surface area (Å²) < 4.78 is 5.91. The van der Waals surface area contributed by atoms with Gasteiger partial charge in [0.15, 0.2) is 0 Å². The van der Waals surface area contributed by atoms with E-state index >= 15 is 0 Å². The van der Waals surface area contributed by atoms with Gasteiger partial charge in [-0.2, -0.15) is 0 Å². The van der Waals surface area contributed by atoms with Gasteiger partial charge in [0.25, 0.3) is 0 Å². The van der Waals surface area contributed by atoms with E-state index in [1.54, 1.807) is 0 Å². The molecule has 120 valence electrons. The minimum atomic E-state index is 0. The van der Waals surface area contributed by atoms with Crippen LogP contribution in [0.4, 0.5) is 0 Å². The van der Waals surface area contributed by atoms with E-state index in [1.165, 1.54) is 0 Å². The Balaban J connectivity index is 0.00000242. The molecule has 0 unspecified atom stereocenters. The lowest BCUT2D eigenvalue weighted by Crippen LogP contribution is -2.14. The first-order valence-electron chi connectivity index (χ1n) is 7.05. The maximum Gasteiger partial charge on any atom is 0.124 e. The van der Waals surface area contributed by atoms with Gasteiger partial charge in [-0.25, -0.2) is 0 Å². The molecule has 0 saturated carbocycles. The third kappa shape index (κ3) is 6.05. The average molecular weight is 361 g/mol. The summed E-state index contributed by atoms with van der Waals surface area (Å²) in [5.41, 5.74) is 2.16. The van der Waals surface area contributed by atoms with Crippen LogP contribution in [-0.4, -0.2) is 6.54 Å². The lowest BCUT2D eigenvalue weighted by molar-refractivity contribution is 0.302. The van der Waals surface area contributed by atoms with Gasteiger partial charge < -0.3 is 10.1 Å². The van der Waals surface area contributed by atoms with Crippen molar-refractivity contribution >= 4 is 35.6 Å². The van der Waals surface area contributed by atoms with Gasteiger partial charge in [-0.05, 0) is 48.9 Å². The molecule has 0 aliphatic heterocycles. The van der Waals surface area contributed by atoms with Crippen molar-refractivity contribution in [3.05, 3.63) is 63.6 Å². The van der Waals surface area contributed by atoms with Gasteiger partial charge in [0.2, 0.25) is 0 Å². The van der Waals surface area contributed by atoms with E-state index in [1.807, 2.05) is 42.5 Å². The summed E-state index contributed by atoms with van der Waals surface area (Å²) in [6.07, 6.45) is 1.10. The zero-order chi connectivity index (χ0) is 15.1. The maximum atomic E-state index is 6.07. The highest BCUT2D eigenvalue weighted by Gasteiger charge is 2.05. The van der Waals surface area contributed by atoms with Crippen LogP contribution in [0, 0.1) is 0 Å². The van der Waals surface area contributed by atoms with Crippen molar-refractivity contribution in [2.45, 2.75) is 26.5 Å². The van der Waals surface area contributed by atoms with Gasteiger partial charge in [0, 0.05) is 22.2 Å². The Labute approximate surface area is 148 Å². The molecule has 0 radical (unpaired) electrons. The van der Waals surface area contributed by atoms with Crippen LogP contribution in [0.2, 0.25) is 10.0 Å². The van der Waals surface area contributed by atoms with Gasteiger partial charge in [-0.1, -0.05) is 42.3 Å². The first-order chi connectivity index (χ1) is 10.2. The van der Waals surface area contributed by atoms with Crippen molar-refractivity contribution < 1.29 is 4.74 Å². The Morgan fingerprint density at radius 1 is 1.00 bits per heavy atom. The summed E-state index contributed by atoms with van der Waals surface area (Å²) in [6.45, 7) is 4.38. The highest BCUT2D eigenvalue weighted by molar-refractivity contribution is 6.30. The molecule has 0 aromatic heterocycles. The molecule has 2 aromatic carbocycles. The first-order valence-corrected chi connectivity index (χ1v) is 7.81. The number of benzene rings is 2. The summed E-state index contributed by atoms with van der Waals surface area (Å²) in [7, 11) is 0. The maximum absolute atomic E-state index is 6.07. The minimum Gasteiger partial charge on any atom is -0.489 e. The molecule has 0 atom stereocenters. The summed E-state index contributed by atoms with van der Waals surface area (Å²) in [5.74, 6) is 0.859. The molecule has 5 heteroatoms. The fourth-order valence-electron chi connectivity index (χ4n) is 1.97. The van der Waals surface area contributed by atoms with Crippen LogP contribution >= 0.6 is 35.6 Å². The summed E-state index contributed by atoms with van der Waals surface area (Å²) >= 11 is 11.9. The molecule has 0 aliphatic rings. The summed E-state index contributed by atoms with van der Waals surface area (Å²) in [5, 5.41) is 4.82. The molecule has 2 aromatic rings. The number of ether oxygens (including phenoxy) is 1. The SMILES string of the molecule is CCCNCc1cc(Cl)ccc1OCc1ccc(Cl)cc1.Cl. The third-order valence-corrected chi connectivity index (χ3v) is 3.56. The Morgan fingerprint density at radius 2 is 1.68 bits per heavy atom. The third-order valence-electron chi connectivity index (χ3n) is 3.07. The quantitative estimate of drug-likeness (QED) is 0.659. The second-order valence-electron chi connectivity index (χ2n) is 4.84. The van der Waals surface area contributed by atoms with E-state index in [0.29, 0.717) is 6.61 Å². The fraction of sp³-hybridized carbons (Fsp3) is 0.294. The average Bonchev–Trinajstić information content (AvgIpc) is 2.48. The predicted molar refractivity (Wildman–Crippen MR) is 96.5 cm³/mol. The van der Waals surface area contributed by atoms with Crippen LogP contribution in [0.25, 0.3) is 0 Å². The predicted octanol–water partition coefficient (Wildman–Crippen LogP) is 5.49. The summed E-state index contributed by atoms with van der Waals surface area (Å²) in [4.78, 5) is 0. The van der Waals surface area contributed by atoms with E-state index in [0.717, 1.165) is 46.4 Å². The van der Waals surface area contributed by atoms with Crippen LogP contribution in [0.3, 0.4) is 0 Å². The zero-order valence-corrected chi connectivity index (χ0v) is 14.8. The zero-order valence-electron chi connectivity index (χ0n) is 12.4. The Hall–Kier alpha value is -0.930. The molecule has 22 heavy (non-hydrogen) atoms. The molecule has 0 amide bonds. The topological polar surface area (TPSA) is 21.3 Å². The van der Waals surface area contributed by atoms with Gasteiger partial charge in [0.1, 0.15) is 12.4 Å². The molecule has 0 spiro atoms. The summed E-state index contributed by atoms with van der Waals surface area (Å²) in [6, 6.07) is 13.4. The van der Waals surface area contributed by atoms with E-state index < -0.39 is 0 Å². The lowest BCUT2D eigenvalue weighted by Gasteiger charge is -2.13. The molecule has 2 nitrogen and oxygen atoms in total. The highest BCUT2D eigenvalue weighted by atomic mass is 35.5. The van der Waals surface area contributed by atoms with Crippen molar-refractivity contribution in [3.63, 3.8) is 0 Å². The largest absolute Gasteiger partial charge is 0.489 e. The molecular formula is C17H20Cl3NO. The molecule has 0 bridgehead atoms. The monoisotopic (exact) mass is 359 g/mol. The minimum absolute atomic E-state index is 0. The van der Waals surface area contributed by atoms with Crippen LogP contribution in [-0.2, 0) is 13.2 Å². The van der Waals surface area contributed by atoms with Crippen LogP contribution in [0.1, 0.15) is 24.5 Å². The standard InChI is InChI=1S/C17H19Cl2NO.ClH/c1-2-9-20-11-14-10-16(19)7-8-17(14)21-12-13-3-5-15(18)6-4-13;/h3-8,10,20H,2,9,11-12H2,1H3;1H. The van der Waals surface area contributed by atoms with E-state index in [9.17, 15) is 0 Å². The van der Waals surface area contributed by atoms with Crippen molar-refractivity contribution in [1.82, 2.24) is 5.32 Å². The second kappa shape index (κ2) is 9.96. The van der Waals surface area contributed by atoms with Gasteiger partial charge in [0.05, 0.1) is 0 Å². The first kappa shape index (κ1) is 19.1. The normalized spacial score (nSPS) is 10.1. The number of hydrogen-bond donors (Lipinski definition) is 1. The van der Waals surface area contributed by atoms with E-state index in [4.69, 9.17) is 27.9 Å². The molecule has 0 fully saturated rings. The van der Waals surface area contributed by atoms with Crippen LogP contribution in [0.5, 0.6) is 5.75 Å². The molecule has 1 N–H and O–H groups in total. The van der Waals surface area contributed by atoms with Crippen molar-refractivity contribution in [2.75, 3.05) is 6.54 Å². The highest BCUT2D eigenvalue weighted by Crippen LogP contribution is 2.24. The van der Waals surface area contributed by atoms with Gasteiger partial charge in [-0.3, -0.25) is 0 Å². The van der Waals surface area contributed by atoms with Gasteiger partial charge in [-0.15, -0.1) is 12.4 Å². The Kier molecular flexibility index (Phi) is 8.66. The number of hydrogen-bond acceptors (Lipinski definition) is 2. The van der Waals surface area contributed by atoms with Gasteiger partial charge >= 0.3 is 0 Å². The molecule has 0 aliphatic carbocycles. The molecular weight excluding hydrogens is 341 g/mol. The van der Waals surface area contributed by atoms with Crippen molar-refractivity contribution in [1.29, 1.82) is 0 Å².